The number of nitrogens with zero attached hydrogens (tertiary/aromatic N) is 6. The number of benzene rings is 1. The zero-order valence-corrected chi connectivity index (χ0v) is 15.8. The Hall–Kier alpha value is -2.33. The lowest BCUT2D eigenvalue weighted by atomic mass is 10.00. The Labute approximate surface area is 152 Å². The molecule has 2 heterocycles. The molecular formula is C16H22N6O3S. The average Bonchev–Trinajstić information content (AvgIpc) is 3.12. The summed E-state index contributed by atoms with van der Waals surface area (Å²) in [5.41, 5.74) is 1.93. The van der Waals surface area contributed by atoms with Gasteiger partial charge in [0.1, 0.15) is 12.9 Å². The SMILES string of the molecule is CC(C)N(C)S(=O)(=O)c1ccc2c(c1)CCN(C(=O)Cn1cnnn1)C2. The predicted octanol–water partition coefficient (Wildman–Crippen LogP) is 0.287. The van der Waals surface area contributed by atoms with Crippen molar-refractivity contribution in [1.29, 1.82) is 0 Å². The third kappa shape index (κ3) is 3.61. The summed E-state index contributed by atoms with van der Waals surface area (Å²) < 4.78 is 28.0. The van der Waals surface area contributed by atoms with Crippen molar-refractivity contribution in [3.05, 3.63) is 35.7 Å². The van der Waals surface area contributed by atoms with Gasteiger partial charge in [0, 0.05) is 26.2 Å². The Morgan fingerprint density at radius 2 is 2.08 bits per heavy atom. The Bertz CT molecular complexity index is 895. The summed E-state index contributed by atoms with van der Waals surface area (Å²) in [7, 11) is -1.93. The molecule has 2 aromatic rings. The first kappa shape index (κ1) is 18.5. The van der Waals surface area contributed by atoms with E-state index in [1.165, 1.54) is 15.3 Å². The van der Waals surface area contributed by atoms with Crippen LogP contribution in [0.1, 0.15) is 25.0 Å². The molecule has 0 spiro atoms. The van der Waals surface area contributed by atoms with Gasteiger partial charge in [-0.1, -0.05) is 6.07 Å². The normalized spacial score (nSPS) is 14.7. The summed E-state index contributed by atoms with van der Waals surface area (Å²) in [5, 5.41) is 10.7. The lowest BCUT2D eigenvalue weighted by Crippen LogP contribution is -2.38. The second kappa shape index (κ2) is 7.12. The molecule has 10 heteroatoms. The topological polar surface area (TPSA) is 101 Å². The van der Waals surface area contributed by atoms with Gasteiger partial charge in [-0.25, -0.2) is 13.1 Å². The number of fused-ring (bicyclic) bond motifs is 1. The number of hydrogen-bond acceptors (Lipinski definition) is 6. The maximum Gasteiger partial charge on any atom is 0.244 e. The number of aromatic nitrogens is 4. The lowest BCUT2D eigenvalue weighted by Gasteiger charge is -2.29. The van der Waals surface area contributed by atoms with Crippen molar-refractivity contribution in [2.75, 3.05) is 13.6 Å². The van der Waals surface area contributed by atoms with Crippen LogP contribution in [0.5, 0.6) is 0 Å². The zero-order chi connectivity index (χ0) is 18.9. The number of sulfonamides is 1. The summed E-state index contributed by atoms with van der Waals surface area (Å²) in [6.45, 7) is 4.76. The van der Waals surface area contributed by atoms with Crippen molar-refractivity contribution in [3.63, 3.8) is 0 Å². The molecular weight excluding hydrogens is 356 g/mol. The van der Waals surface area contributed by atoms with Crippen molar-refractivity contribution >= 4 is 15.9 Å². The lowest BCUT2D eigenvalue weighted by molar-refractivity contribution is -0.133. The van der Waals surface area contributed by atoms with Gasteiger partial charge in [-0.05, 0) is 54.0 Å². The van der Waals surface area contributed by atoms with Crippen molar-refractivity contribution in [1.82, 2.24) is 29.4 Å². The van der Waals surface area contributed by atoms with Crippen LogP contribution in [0.25, 0.3) is 0 Å². The van der Waals surface area contributed by atoms with Crippen LogP contribution < -0.4 is 0 Å². The number of tetrazole rings is 1. The highest BCUT2D eigenvalue weighted by Gasteiger charge is 2.26. The summed E-state index contributed by atoms with van der Waals surface area (Å²) >= 11 is 0. The number of carbonyl (C=O) groups excluding carboxylic acids is 1. The highest BCUT2D eigenvalue weighted by atomic mass is 32.2. The minimum Gasteiger partial charge on any atom is -0.336 e. The van der Waals surface area contributed by atoms with E-state index in [1.54, 1.807) is 30.1 Å². The van der Waals surface area contributed by atoms with Crippen LogP contribution >= 0.6 is 0 Å². The molecule has 0 saturated carbocycles. The van der Waals surface area contributed by atoms with Crippen LogP contribution in [-0.2, 0) is 34.3 Å². The Morgan fingerprint density at radius 3 is 2.73 bits per heavy atom. The van der Waals surface area contributed by atoms with E-state index < -0.39 is 10.0 Å². The van der Waals surface area contributed by atoms with Crippen LogP contribution in [0.2, 0.25) is 0 Å². The van der Waals surface area contributed by atoms with Crippen LogP contribution in [0.4, 0.5) is 0 Å². The number of amides is 1. The second-order valence-corrected chi connectivity index (χ2v) is 8.62. The first-order chi connectivity index (χ1) is 12.3. The van der Waals surface area contributed by atoms with Crippen molar-refractivity contribution < 1.29 is 13.2 Å². The molecule has 1 aliphatic heterocycles. The molecule has 0 saturated heterocycles. The second-order valence-electron chi connectivity index (χ2n) is 6.62. The first-order valence-corrected chi connectivity index (χ1v) is 9.81. The van der Waals surface area contributed by atoms with Gasteiger partial charge >= 0.3 is 0 Å². The van der Waals surface area contributed by atoms with E-state index in [1.807, 2.05) is 13.8 Å². The number of rotatable bonds is 5. The highest BCUT2D eigenvalue weighted by Crippen LogP contribution is 2.25. The summed E-state index contributed by atoms with van der Waals surface area (Å²) in [6.07, 6.45) is 2.02. The number of carbonyl (C=O) groups is 1. The fraction of sp³-hybridized carbons (Fsp3) is 0.500. The zero-order valence-electron chi connectivity index (χ0n) is 15.0. The highest BCUT2D eigenvalue weighted by molar-refractivity contribution is 7.89. The van der Waals surface area contributed by atoms with Gasteiger partial charge in [0.15, 0.2) is 0 Å². The summed E-state index contributed by atoms with van der Waals surface area (Å²) in [4.78, 5) is 14.4. The van der Waals surface area contributed by atoms with E-state index in [0.717, 1.165) is 11.1 Å². The molecule has 0 aliphatic carbocycles. The molecule has 26 heavy (non-hydrogen) atoms. The largest absolute Gasteiger partial charge is 0.336 e. The van der Waals surface area contributed by atoms with Crippen LogP contribution in [0, 0.1) is 0 Å². The Balaban J connectivity index is 1.76. The number of hydrogen-bond donors (Lipinski definition) is 0. The monoisotopic (exact) mass is 378 g/mol. The minimum atomic E-state index is -3.51. The van der Waals surface area contributed by atoms with Gasteiger partial charge in [0.25, 0.3) is 0 Å². The van der Waals surface area contributed by atoms with E-state index in [-0.39, 0.29) is 18.5 Å². The van der Waals surface area contributed by atoms with E-state index in [9.17, 15) is 13.2 Å². The predicted molar refractivity (Wildman–Crippen MR) is 93.5 cm³/mol. The molecule has 1 aromatic carbocycles. The van der Waals surface area contributed by atoms with Crippen molar-refractivity contribution in [2.45, 2.75) is 44.3 Å². The quantitative estimate of drug-likeness (QED) is 0.741. The van der Waals surface area contributed by atoms with Gasteiger partial charge in [-0.15, -0.1) is 5.10 Å². The molecule has 1 amide bonds. The maximum absolute atomic E-state index is 12.6. The van der Waals surface area contributed by atoms with Crippen molar-refractivity contribution in [3.8, 4) is 0 Å². The molecule has 0 radical (unpaired) electrons. The third-order valence-corrected chi connectivity index (χ3v) is 6.67. The van der Waals surface area contributed by atoms with E-state index in [0.29, 0.717) is 24.4 Å². The molecule has 0 unspecified atom stereocenters. The van der Waals surface area contributed by atoms with E-state index in [4.69, 9.17) is 0 Å². The summed E-state index contributed by atoms with van der Waals surface area (Å²) in [6, 6.07) is 5.03. The van der Waals surface area contributed by atoms with Gasteiger partial charge < -0.3 is 4.90 Å². The van der Waals surface area contributed by atoms with E-state index in [2.05, 4.69) is 15.5 Å². The maximum atomic E-state index is 12.6. The fourth-order valence-corrected chi connectivity index (χ4v) is 4.26. The smallest absolute Gasteiger partial charge is 0.244 e. The molecule has 1 aliphatic rings. The van der Waals surface area contributed by atoms with Crippen LogP contribution in [-0.4, -0.2) is 63.4 Å². The first-order valence-electron chi connectivity index (χ1n) is 8.37. The molecule has 0 fully saturated rings. The van der Waals surface area contributed by atoms with E-state index >= 15 is 0 Å². The standard InChI is InChI=1S/C16H22N6O3S/c1-12(2)20(3)26(24,25)15-5-4-14-9-21(7-6-13(14)8-15)16(23)10-22-11-17-18-19-22/h4-5,8,11-12H,6-7,9-10H2,1-3H3. The molecule has 9 nitrogen and oxygen atoms in total. The Morgan fingerprint density at radius 1 is 1.31 bits per heavy atom. The average molecular weight is 378 g/mol. The van der Waals surface area contributed by atoms with Gasteiger partial charge in [-0.2, -0.15) is 4.31 Å². The van der Waals surface area contributed by atoms with Crippen molar-refractivity contribution in [2.24, 2.45) is 0 Å². The molecule has 3 rings (SSSR count). The van der Waals surface area contributed by atoms with Gasteiger partial charge in [0.2, 0.25) is 15.9 Å². The van der Waals surface area contributed by atoms with Crippen LogP contribution in [0.15, 0.2) is 29.4 Å². The van der Waals surface area contributed by atoms with Gasteiger partial charge in [0.05, 0.1) is 4.90 Å². The molecule has 1 aromatic heterocycles. The molecule has 0 bridgehead atoms. The molecule has 140 valence electrons. The summed E-state index contributed by atoms with van der Waals surface area (Å²) in [5.74, 6) is -0.0702. The fourth-order valence-electron chi connectivity index (χ4n) is 2.84. The van der Waals surface area contributed by atoms with Gasteiger partial charge in [-0.3, -0.25) is 4.79 Å². The Kier molecular flexibility index (Phi) is 5.05. The molecule has 0 N–H and O–H groups in total. The molecule has 0 atom stereocenters. The minimum absolute atomic E-state index is 0.0702. The van der Waals surface area contributed by atoms with Crippen LogP contribution in [0.3, 0.4) is 0 Å². The third-order valence-electron chi connectivity index (χ3n) is 4.64.